The van der Waals surface area contributed by atoms with Gasteiger partial charge in [-0.2, -0.15) is 0 Å². The Balaban J connectivity index is 2.11. The lowest BCUT2D eigenvalue weighted by atomic mass is 9.66. The number of likely N-dealkylation sites (tertiary alicyclic amines) is 1. The van der Waals surface area contributed by atoms with Crippen molar-refractivity contribution in [2.24, 2.45) is 17.8 Å². The molecular weight excluding hydrogens is 494 g/mol. The van der Waals surface area contributed by atoms with Crippen molar-refractivity contribution in [2.45, 2.75) is 103 Å². The normalized spacial score (nSPS) is 30.0. The van der Waals surface area contributed by atoms with Crippen molar-refractivity contribution in [1.82, 2.24) is 14.7 Å². The zero-order valence-corrected chi connectivity index (χ0v) is 24.9. The van der Waals surface area contributed by atoms with Crippen molar-refractivity contribution >= 4 is 17.7 Å². The smallest absolute Gasteiger partial charge is 0.248 e. The molecule has 3 aliphatic heterocycles. The molecule has 1 spiro atoms. The zero-order chi connectivity index (χ0) is 29.0. The maximum atomic E-state index is 14.5. The number of fused-ring (bicyclic) bond motifs is 1. The van der Waals surface area contributed by atoms with Crippen LogP contribution in [-0.4, -0.2) is 93.6 Å². The third-order valence-corrected chi connectivity index (χ3v) is 8.91. The first-order valence-electron chi connectivity index (χ1n) is 15.0. The van der Waals surface area contributed by atoms with Crippen LogP contribution in [0.1, 0.15) is 79.6 Å². The van der Waals surface area contributed by atoms with Gasteiger partial charge in [0.2, 0.25) is 17.7 Å². The van der Waals surface area contributed by atoms with Crippen LogP contribution in [0.4, 0.5) is 0 Å². The minimum atomic E-state index is -1.09. The molecule has 6 atom stereocenters. The Hall–Kier alpha value is -2.19. The first kappa shape index (κ1) is 31.3. The molecule has 2 unspecified atom stereocenters. The van der Waals surface area contributed by atoms with Crippen LogP contribution in [0.25, 0.3) is 0 Å². The predicted molar refractivity (Wildman–Crippen MR) is 153 cm³/mol. The second kappa shape index (κ2) is 13.0. The maximum absolute atomic E-state index is 14.5. The number of nitrogens with zero attached hydrogens (tertiary/aromatic N) is 3. The Morgan fingerprint density at radius 2 is 1.72 bits per heavy atom. The van der Waals surface area contributed by atoms with Crippen molar-refractivity contribution in [3.63, 3.8) is 0 Å². The van der Waals surface area contributed by atoms with E-state index in [-0.39, 0.29) is 30.2 Å². The van der Waals surface area contributed by atoms with E-state index in [0.29, 0.717) is 45.4 Å². The molecule has 0 saturated carbocycles. The predicted octanol–water partition coefficient (Wildman–Crippen LogP) is 3.79. The summed E-state index contributed by atoms with van der Waals surface area (Å²) in [5.41, 5.74) is -1.92. The quantitative estimate of drug-likeness (QED) is 0.235. The number of unbranched alkanes of at least 4 members (excludes halogenated alkanes) is 2. The SMILES string of the molecule is C=CCN(CCCCC)C(=O)C1N([C@@H](CO)CC(C)C)C(=O)[C@@H]2[C@H](C(=O)N(CC=C)CCC)[C@]3(C)CCC12O3. The van der Waals surface area contributed by atoms with Crippen LogP contribution in [-0.2, 0) is 19.1 Å². The van der Waals surface area contributed by atoms with Crippen molar-refractivity contribution < 1.29 is 24.2 Å². The van der Waals surface area contributed by atoms with E-state index in [1.165, 1.54) is 0 Å². The second-order valence-electron chi connectivity index (χ2n) is 12.3. The van der Waals surface area contributed by atoms with Gasteiger partial charge in [0.05, 0.1) is 30.1 Å². The fraction of sp³-hybridized carbons (Fsp3) is 0.774. The molecule has 1 N–H and O–H groups in total. The number of carbonyl (C=O) groups is 3. The first-order valence-corrected chi connectivity index (χ1v) is 15.0. The second-order valence-corrected chi connectivity index (χ2v) is 12.3. The molecule has 3 saturated heterocycles. The summed E-state index contributed by atoms with van der Waals surface area (Å²) in [5, 5.41) is 10.5. The minimum Gasteiger partial charge on any atom is -0.394 e. The van der Waals surface area contributed by atoms with Crippen molar-refractivity contribution in [3.8, 4) is 0 Å². The van der Waals surface area contributed by atoms with Gasteiger partial charge >= 0.3 is 0 Å². The number of amides is 3. The highest BCUT2D eigenvalue weighted by molar-refractivity contribution is 5.99. The summed E-state index contributed by atoms with van der Waals surface area (Å²) in [6, 6.07) is -1.41. The molecule has 3 heterocycles. The van der Waals surface area contributed by atoms with Crippen LogP contribution >= 0.6 is 0 Å². The highest BCUT2D eigenvalue weighted by Crippen LogP contribution is 2.64. The summed E-state index contributed by atoms with van der Waals surface area (Å²) < 4.78 is 6.81. The van der Waals surface area contributed by atoms with Crippen LogP contribution in [0.3, 0.4) is 0 Å². The van der Waals surface area contributed by atoms with Gasteiger partial charge < -0.3 is 24.5 Å². The summed E-state index contributed by atoms with van der Waals surface area (Å²) in [6.07, 6.45) is 8.79. The molecule has 0 aromatic carbocycles. The highest BCUT2D eigenvalue weighted by atomic mass is 16.5. The van der Waals surface area contributed by atoms with E-state index in [9.17, 15) is 19.5 Å². The Labute approximate surface area is 235 Å². The standard InChI is InChI=1S/C31H51N3O5/c1-8-12-13-19-33(18-11-4)29(38)26-31-15-14-30(7,39-31)24(27(36)32(16-9-2)17-10-3)25(31)28(37)34(26)23(21-35)20-22(5)6/h9,11,22-26,35H,2,4,8,10,12-21H2,1,3,5-7H3/t23-,24-,25+,26?,30+,31?/m1/s1. The lowest BCUT2D eigenvalue weighted by molar-refractivity contribution is -0.156. The molecule has 220 valence electrons. The molecule has 39 heavy (non-hydrogen) atoms. The van der Waals surface area contributed by atoms with Crippen molar-refractivity contribution in [2.75, 3.05) is 32.8 Å². The van der Waals surface area contributed by atoms with Gasteiger partial charge in [0.15, 0.2) is 0 Å². The van der Waals surface area contributed by atoms with E-state index < -0.39 is 35.1 Å². The van der Waals surface area contributed by atoms with Crippen LogP contribution in [0.2, 0.25) is 0 Å². The topological polar surface area (TPSA) is 90.4 Å². The largest absolute Gasteiger partial charge is 0.394 e. The summed E-state index contributed by atoms with van der Waals surface area (Å²) in [6.45, 7) is 19.5. The van der Waals surface area contributed by atoms with Gasteiger partial charge in [-0.05, 0) is 44.9 Å². The third kappa shape index (κ3) is 5.69. The molecule has 0 radical (unpaired) electrons. The Kier molecular flexibility index (Phi) is 10.4. The number of aliphatic hydroxyl groups excluding tert-OH is 1. The molecule has 0 aromatic rings. The molecule has 3 amide bonds. The van der Waals surface area contributed by atoms with Gasteiger partial charge in [-0.3, -0.25) is 14.4 Å². The highest BCUT2D eigenvalue weighted by Gasteiger charge is 2.78. The monoisotopic (exact) mass is 545 g/mol. The minimum absolute atomic E-state index is 0.109. The van der Waals surface area contributed by atoms with E-state index in [1.807, 2.05) is 27.7 Å². The maximum Gasteiger partial charge on any atom is 0.248 e. The molecule has 3 fully saturated rings. The van der Waals surface area contributed by atoms with E-state index in [2.05, 4.69) is 20.1 Å². The van der Waals surface area contributed by atoms with E-state index in [1.54, 1.807) is 26.9 Å². The Morgan fingerprint density at radius 3 is 2.26 bits per heavy atom. The summed E-state index contributed by atoms with van der Waals surface area (Å²) in [4.78, 5) is 48.2. The van der Waals surface area contributed by atoms with Gasteiger partial charge in [0.1, 0.15) is 11.6 Å². The average Bonchev–Trinajstić information content (AvgIpc) is 3.46. The van der Waals surface area contributed by atoms with Gasteiger partial charge in [0, 0.05) is 26.2 Å². The van der Waals surface area contributed by atoms with Crippen molar-refractivity contribution in [3.05, 3.63) is 25.3 Å². The van der Waals surface area contributed by atoms with Gasteiger partial charge in [0.25, 0.3) is 0 Å². The summed E-state index contributed by atoms with van der Waals surface area (Å²) in [5.74, 6) is -1.75. The molecule has 8 heteroatoms. The first-order chi connectivity index (χ1) is 18.6. The molecule has 3 aliphatic rings. The molecule has 0 aromatic heterocycles. The van der Waals surface area contributed by atoms with Crippen LogP contribution < -0.4 is 0 Å². The fourth-order valence-electron chi connectivity index (χ4n) is 7.32. The van der Waals surface area contributed by atoms with Crippen molar-refractivity contribution in [1.29, 1.82) is 0 Å². The number of aliphatic hydroxyl groups is 1. The summed E-state index contributed by atoms with van der Waals surface area (Å²) in [7, 11) is 0. The van der Waals surface area contributed by atoms with E-state index >= 15 is 0 Å². The number of carbonyl (C=O) groups excluding carboxylic acids is 3. The van der Waals surface area contributed by atoms with E-state index in [0.717, 1.165) is 25.7 Å². The number of hydrogen-bond donors (Lipinski definition) is 1. The third-order valence-electron chi connectivity index (χ3n) is 8.91. The lowest BCUT2D eigenvalue weighted by Gasteiger charge is -2.40. The number of ether oxygens (including phenoxy) is 1. The van der Waals surface area contributed by atoms with Gasteiger partial charge in [-0.25, -0.2) is 0 Å². The molecule has 8 nitrogen and oxygen atoms in total. The van der Waals surface area contributed by atoms with E-state index in [4.69, 9.17) is 4.74 Å². The van der Waals surface area contributed by atoms with Crippen LogP contribution in [0.15, 0.2) is 25.3 Å². The number of rotatable bonds is 16. The summed E-state index contributed by atoms with van der Waals surface area (Å²) >= 11 is 0. The van der Waals surface area contributed by atoms with Crippen LogP contribution in [0, 0.1) is 17.8 Å². The Morgan fingerprint density at radius 1 is 1.08 bits per heavy atom. The van der Waals surface area contributed by atoms with Gasteiger partial charge in [-0.15, -0.1) is 13.2 Å². The average molecular weight is 546 g/mol. The number of hydrogen-bond acceptors (Lipinski definition) is 5. The van der Waals surface area contributed by atoms with Crippen LogP contribution in [0.5, 0.6) is 0 Å². The Bertz CT molecular complexity index is 922. The zero-order valence-electron chi connectivity index (χ0n) is 24.9. The molecule has 3 rings (SSSR count). The van der Waals surface area contributed by atoms with Gasteiger partial charge in [-0.1, -0.05) is 52.7 Å². The molecular formula is C31H51N3O5. The molecule has 2 bridgehead atoms. The molecule has 0 aliphatic carbocycles. The lowest BCUT2D eigenvalue weighted by Crippen LogP contribution is -2.59. The fourth-order valence-corrected chi connectivity index (χ4v) is 7.32.